The topological polar surface area (TPSA) is 51.0 Å². The zero-order valence-electron chi connectivity index (χ0n) is 11.1. The van der Waals surface area contributed by atoms with E-state index in [2.05, 4.69) is 50.5 Å². The first-order chi connectivity index (χ1) is 9.81. The van der Waals surface area contributed by atoms with Crippen LogP contribution in [0.5, 0.6) is 0 Å². The molecule has 0 aliphatic rings. The van der Waals surface area contributed by atoms with Crippen molar-refractivity contribution in [2.45, 2.75) is 25.9 Å². The Labute approximate surface area is 125 Å². The van der Waals surface area contributed by atoms with Gasteiger partial charge in [-0.3, -0.25) is 0 Å². The van der Waals surface area contributed by atoms with Gasteiger partial charge in [-0.15, -0.1) is 22.7 Å². The van der Waals surface area contributed by atoms with Crippen LogP contribution >= 0.6 is 22.7 Å². The third-order valence-electron chi connectivity index (χ3n) is 2.94. The average Bonchev–Trinajstić information content (AvgIpc) is 3.17. The number of rotatable bonds is 6. The summed E-state index contributed by atoms with van der Waals surface area (Å²) in [5.41, 5.74) is 0. The molecule has 0 spiro atoms. The van der Waals surface area contributed by atoms with Crippen molar-refractivity contribution in [3.63, 3.8) is 0 Å². The van der Waals surface area contributed by atoms with Crippen LogP contribution in [0.2, 0.25) is 0 Å². The van der Waals surface area contributed by atoms with Crippen molar-refractivity contribution < 1.29 is 4.52 Å². The SMILES string of the molecule is Cc1noc(CNC(Cc2cccs2)c2cccs2)n1. The van der Waals surface area contributed by atoms with Crippen LogP contribution in [-0.4, -0.2) is 10.1 Å². The van der Waals surface area contributed by atoms with Gasteiger partial charge in [-0.2, -0.15) is 4.98 Å². The van der Waals surface area contributed by atoms with Gasteiger partial charge in [0.1, 0.15) is 0 Å². The van der Waals surface area contributed by atoms with E-state index in [1.807, 2.05) is 6.92 Å². The minimum atomic E-state index is 0.279. The predicted octanol–water partition coefficient (Wildman–Crippen LogP) is 3.57. The zero-order chi connectivity index (χ0) is 13.8. The molecule has 1 unspecified atom stereocenters. The molecule has 0 fully saturated rings. The van der Waals surface area contributed by atoms with Crippen LogP contribution < -0.4 is 5.32 Å². The molecule has 6 heteroatoms. The molecule has 20 heavy (non-hydrogen) atoms. The van der Waals surface area contributed by atoms with Gasteiger partial charge < -0.3 is 9.84 Å². The van der Waals surface area contributed by atoms with E-state index in [0.29, 0.717) is 18.3 Å². The molecule has 1 N–H and O–H groups in total. The highest BCUT2D eigenvalue weighted by Gasteiger charge is 2.15. The molecule has 0 aliphatic carbocycles. The van der Waals surface area contributed by atoms with E-state index in [1.54, 1.807) is 22.7 Å². The summed E-state index contributed by atoms with van der Waals surface area (Å²) in [6.07, 6.45) is 0.977. The Morgan fingerprint density at radius 2 is 2.10 bits per heavy atom. The molecule has 0 amide bonds. The molecule has 0 saturated carbocycles. The van der Waals surface area contributed by atoms with Crippen LogP contribution in [0.4, 0.5) is 0 Å². The van der Waals surface area contributed by atoms with E-state index >= 15 is 0 Å². The second kappa shape index (κ2) is 6.30. The van der Waals surface area contributed by atoms with E-state index in [4.69, 9.17) is 4.52 Å². The monoisotopic (exact) mass is 305 g/mol. The van der Waals surface area contributed by atoms with Crippen molar-refractivity contribution in [2.75, 3.05) is 0 Å². The van der Waals surface area contributed by atoms with Gasteiger partial charge in [0.05, 0.1) is 6.54 Å². The quantitative estimate of drug-likeness (QED) is 0.756. The number of aromatic nitrogens is 2. The van der Waals surface area contributed by atoms with Crippen molar-refractivity contribution in [1.29, 1.82) is 0 Å². The van der Waals surface area contributed by atoms with E-state index in [-0.39, 0.29) is 6.04 Å². The predicted molar refractivity (Wildman–Crippen MR) is 81.0 cm³/mol. The highest BCUT2D eigenvalue weighted by atomic mass is 32.1. The van der Waals surface area contributed by atoms with Crippen LogP contribution in [0.15, 0.2) is 39.5 Å². The first-order valence-electron chi connectivity index (χ1n) is 6.39. The summed E-state index contributed by atoms with van der Waals surface area (Å²) < 4.78 is 5.15. The van der Waals surface area contributed by atoms with E-state index < -0.39 is 0 Å². The number of hydrogen-bond acceptors (Lipinski definition) is 6. The molecule has 0 saturated heterocycles. The Kier molecular flexibility index (Phi) is 4.25. The highest BCUT2D eigenvalue weighted by molar-refractivity contribution is 7.10. The maximum atomic E-state index is 5.15. The Morgan fingerprint density at radius 3 is 2.75 bits per heavy atom. The summed E-state index contributed by atoms with van der Waals surface area (Å²) in [5, 5.41) is 11.5. The lowest BCUT2D eigenvalue weighted by Gasteiger charge is -2.15. The van der Waals surface area contributed by atoms with Crippen LogP contribution in [0, 0.1) is 6.92 Å². The molecule has 4 nitrogen and oxygen atoms in total. The Hall–Kier alpha value is -1.50. The van der Waals surface area contributed by atoms with E-state index in [0.717, 1.165) is 6.42 Å². The maximum absolute atomic E-state index is 5.15. The third kappa shape index (κ3) is 3.33. The number of nitrogens with zero attached hydrogens (tertiary/aromatic N) is 2. The van der Waals surface area contributed by atoms with Crippen LogP contribution in [0.25, 0.3) is 0 Å². The minimum absolute atomic E-state index is 0.279. The van der Waals surface area contributed by atoms with Gasteiger partial charge in [0.2, 0.25) is 5.89 Å². The molecule has 0 aromatic carbocycles. The molecule has 0 radical (unpaired) electrons. The molecule has 0 aliphatic heterocycles. The lowest BCUT2D eigenvalue weighted by atomic mass is 10.1. The van der Waals surface area contributed by atoms with E-state index in [1.165, 1.54) is 9.75 Å². The van der Waals surface area contributed by atoms with Crippen molar-refractivity contribution in [2.24, 2.45) is 0 Å². The van der Waals surface area contributed by atoms with Crippen molar-refractivity contribution in [3.05, 3.63) is 56.5 Å². The fourth-order valence-electron chi connectivity index (χ4n) is 2.02. The van der Waals surface area contributed by atoms with Gasteiger partial charge in [-0.05, 0) is 29.8 Å². The molecule has 3 heterocycles. The average molecular weight is 305 g/mol. The lowest BCUT2D eigenvalue weighted by Crippen LogP contribution is -2.22. The molecular weight excluding hydrogens is 290 g/mol. The van der Waals surface area contributed by atoms with Gasteiger partial charge in [-0.25, -0.2) is 0 Å². The van der Waals surface area contributed by atoms with Gasteiger partial charge >= 0.3 is 0 Å². The Balaban J connectivity index is 1.69. The van der Waals surface area contributed by atoms with Gasteiger partial charge in [-0.1, -0.05) is 17.3 Å². The van der Waals surface area contributed by atoms with Crippen LogP contribution in [0.1, 0.15) is 27.5 Å². The number of thiophene rings is 2. The summed E-state index contributed by atoms with van der Waals surface area (Å²) in [6, 6.07) is 8.78. The van der Waals surface area contributed by atoms with Gasteiger partial charge in [0.25, 0.3) is 0 Å². The summed E-state index contributed by atoms with van der Waals surface area (Å²) in [5.74, 6) is 1.31. The van der Waals surface area contributed by atoms with Gasteiger partial charge in [0, 0.05) is 22.2 Å². The Bertz CT molecular complexity index is 631. The molecule has 3 aromatic rings. The van der Waals surface area contributed by atoms with Crippen molar-refractivity contribution in [1.82, 2.24) is 15.5 Å². The first-order valence-corrected chi connectivity index (χ1v) is 8.15. The largest absolute Gasteiger partial charge is 0.338 e. The molecule has 104 valence electrons. The van der Waals surface area contributed by atoms with Crippen molar-refractivity contribution >= 4 is 22.7 Å². The molecule has 1 atom stereocenters. The Morgan fingerprint density at radius 1 is 1.25 bits per heavy atom. The normalized spacial score (nSPS) is 12.7. The third-order valence-corrected chi connectivity index (χ3v) is 4.83. The maximum Gasteiger partial charge on any atom is 0.240 e. The second-order valence-electron chi connectivity index (χ2n) is 4.47. The number of nitrogens with one attached hydrogen (secondary N) is 1. The smallest absolute Gasteiger partial charge is 0.240 e. The number of hydrogen-bond donors (Lipinski definition) is 1. The fourth-order valence-corrected chi connectivity index (χ4v) is 3.57. The molecular formula is C14H15N3OS2. The molecule has 0 bridgehead atoms. The van der Waals surface area contributed by atoms with Gasteiger partial charge in [0.15, 0.2) is 5.82 Å². The minimum Gasteiger partial charge on any atom is -0.338 e. The fraction of sp³-hybridized carbons (Fsp3) is 0.286. The van der Waals surface area contributed by atoms with Crippen molar-refractivity contribution in [3.8, 4) is 0 Å². The van der Waals surface area contributed by atoms with E-state index in [9.17, 15) is 0 Å². The lowest BCUT2D eigenvalue weighted by molar-refractivity contribution is 0.355. The molecule has 3 aromatic heterocycles. The second-order valence-corrected chi connectivity index (χ2v) is 6.48. The van der Waals surface area contributed by atoms with Crippen LogP contribution in [-0.2, 0) is 13.0 Å². The first kappa shape index (κ1) is 13.5. The standard InChI is InChI=1S/C14H15N3OS2/c1-10-16-14(18-17-10)9-15-12(13-5-3-7-20-13)8-11-4-2-6-19-11/h2-7,12,15H,8-9H2,1H3. The number of aryl methyl sites for hydroxylation is 1. The summed E-state index contributed by atoms with van der Waals surface area (Å²) in [4.78, 5) is 6.93. The highest BCUT2D eigenvalue weighted by Crippen LogP contribution is 2.25. The summed E-state index contributed by atoms with van der Waals surface area (Å²) in [6.45, 7) is 2.42. The molecule has 3 rings (SSSR count). The van der Waals surface area contributed by atoms with Crippen LogP contribution in [0.3, 0.4) is 0 Å². The summed E-state index contributed by atoms with van der Waals surface area (Å²) in [7, 11) is 0. The summed E-state index contributed by atoms with van der Waals surface area (Å²) >= 11 is 3.56. The zero-order valence-corrected chi connectivity index (χ0v) is 12.7.